The van der Waals surface area contributed by atoms with Crippen LogP contribution in [0.25, 0.3) is 0 Å². The number of piperidine rings is 3. The van der Waals surface area contributed by atoms with E-state index in [-0.39, 0.29) is 127 Å². The van der Waals surface area contributed by atoms with Crippen LogP contribution in [-0.2, 0) is 9.59 Å². The summed E-state index contributed by atoms with van der Waals surface area (Å²) in [7, 11) is 2.19. The van der Waals surface area contributed by atoms with Crippen LogP contribution in [-0.4, -0.2) is 235 Å². The highest BCUT2D eigenvalue weighted by molar-refractivity contribution is 6.04. The van der Waals surface area contributed by atoms with Crippen molar-refractivity contribution in [3.63, 3.8) is 0 Å². The molecule has 14 rings (SSSR count). The number of amides is 3. The van der Waals surface area contributed by atoms with E-state index < -0.39 is 17.9 Å². The first kappa shape index (κ1) is 82.0. The summed E-state index contributed by atoms with van der Waals surface area (Å²) in [6.45, 7) is 10.8. The van der Waals surface area contributed by atoms with Gasteiger partial charge in [-0.15, -0.1) is 0 Å². The van der Waals surface area contributed by atoms with Crippen LogP contribution < -0.4 is 5.32 Å². The van der Waals surface area contributed by atoms with Gasteiger partial charge in [0.15, 0.2) is 34.7 Å². The van der Waals surface area contributed by atoms with Gasteiger partial charge in [0.05, 0.1) is 19.7 Å². The van der Waals surface area contributed by atoms with E-state index in [1.807, 2.05) is 198 Å². The molecular weight excluding hydrogens is 1410 g/mol. The lowest BCUT2D eigenvalue weighted by atomic mass is 9.63. The van der Waals surface area contributed by atoms with Gasteiger partial charge in [0.25, 0.3) is 0 Å². The molecule has 2 aliphatic carbocycles. The second-order valence-electron chi connectivity index (χ2n) is 31.9. The number of carbonyl (C=O) groups is 9. The zero-order valence-corrected chi connectivity index (χ0v) is 65.0. The van der Waals surface area contributed by atoms with E-state index in [1.54, 1.807) is 29.2 Å². The number of aliphatic hydroxyl groups is 1. The minimum atomic E-state index is -0.986. The number of rotatable bonds is 24. The Morgan fingerprint density at radius 2 is 0.652 bits per heavy atom. The second-order valence-corrected chi connectivity index (χ2v) is 31.9. The first-order valence-corrected chi connectivity index (χ1v) is 40.9. The third-order valence-electron chi connectivity index (χ3n) is 24.8. The van der Waals surface area contributed by atoms with Gasteiger partial charge in [0.2, 0.25) is 11.8 Å². The molecule has 0 aromatic heterocycles. The topological polar surface area (TPSA) is 229 Å². The Kier molecular flexibility index (Phi) is 29.9. The summed E-state index contributed by atoms with van der Waals surface area (Å²) >= 11 is 0. The smallest absolute Gasteiger partial charge is 0.407 e. The van der Waals surface area contributed by atoms with Crippen LogP contribution >= 0.6 is 0 Å². The number of aliphatic hydroxyl groups excluding tert-OH is 1. The van der Waals surface area contributed by atoms with Gasteiger partial charge in [-0.2, -0.15) is 0 Å². The van der Waals surface area contributed by atoms with Gasteiger partial charge in [-0.25, -0.2) is 4.79 Å². The number of likely N-dealkylation sites (N-methyl/N-ethyl adjacent to an activating group) is 1. The lowest BCUT2D eigenvalue weighted by Crippen LogP contribution is -2.55. The summed E-state index contributed by atoms with van der Waals surface area (Å²) < 4.78 is 0. The monoisotopic (exact) mass is 1520 g/mol. The van der Waals surface area contributed by atoms with Crippen molar-refractivity contribution in [3.8, 4) is 0 Å². The molecule has 19 nitrogen and oxygen atoms in total. The van der Waals surface area contributed by atoms with Gasteiger partial charge < -0.3 is 35.1 Å². The molecule has 19 heteroatoms. The summed E-state index contributed by atoms with van der Waals surface area (Å²) in [4.78, 5) is 135. The summed E-state index contributed by atoms with van der Waals surface area (Å²) in [5, 5.41) is 21.0. The molecule has 112 heavy (non-hydrogen) atoms. The molecule has 0 unspecified atom stereocenters. The lowest BCUT2D eigenvalue weighted by molar-refractivity contribution is -0.134. The zero-order chi connectivity index (χ0) is 78.3. The Hall–Kier alpha value is -9.47. The molecule has 590 valence electrons. The van der Waals surface area contributed by atoms with Gasteiger partial charge in [-0.3, -0.25) is 53.1 Å². The Morgan fingerprint density at radius 1 is 0.348 bits per heavy atom. The average molecular weight is 1520 g/mol. The Balaban J connectivity index is 0.000000156. The lowest BCUT2D eigenvalue weighted by Gasteiger charge is -2.47. The molecule has 7 aromatic rings. The SMILES string of the molecule is CN1CCN(CCN2C[C@H](C(=O)c3ccccc3)C(C3CCCCC3)[C@@H](C(=O)c3ccccc3)C2)CC1.O=C(CN1C[C@H](C(=O)c2ccccc2)C(C2CCCCC2)[C@@H](C(=O)c2ccccc2)C1)NCCO.O=C(c1ccccc1)[C@H]1CN(CC(=O)N2CCN(C(=O)O)CC2)C[C@H](C(=O)c2ccccc2)C1c1ccccc1. The highest BCUT2D eigenvalue weighted by Crippen LogP contribution is 2.47. The third-order valence-corrected chi connectivity index (χ3v) is 24.8. The number of ketones is 6. The maximum Gasteiger partial charge on any atom is 0.407 e. The first-order valence-electron chi connectivity index (χ1n) is 40.9. The fraction of sp³-hybridized carbons (Fsp3) is 0.452. The minimum absolute atomic E-state index is 0.0486. The Labute approximate surface area is 660 Å². The molecule has 0 bridgehead atoms. The number of Topliss-reactive ketones (excluding diaryl/α,β-unsaturated/α-hetero) is 6. The first-order chi connectivity index (χ1) is 54.6. The molecule has 0 spiro atoms. The van der Waals surface area contributed by atoms with E-state index in [4.69, 9.17) is 5.11 Å². The number of carbonyl (C=O) groups excluding carboxylic acids is 8. The molecule has 7 aromatic carbocycles. The van der Waals surface area contributed by atoms with Gasteiger partial charge in [0, 0.05) is 186 Å². The van der Waals surface area contributed by atoms with Crippen LogP contribution in [0.15, 0.2) is 212 Å². The maximum atomic E-state index is 14.1. The van der Waals surface area contributed by atoms with E-state index >= 15 is 0 Å². The number of hydrogen-bond acceptors (Lipinski definition) is 15. The Bertz CT molecular complexity index is 4010. The van der Waals surface area contributed by atoms with Crippen LogP contribution in [0.2, 0.25) is 0 Å². The molecule has 5 aliphatic heterocycles. The average Bonchev–Trinajstić information content (AvgIpc) is 0.779. The maximum absolute atomic E-state index is 14.1. The molecule has 7 aliphatic rings. The summed E-state index contributed by atoms with van der Waals surface area (Å²) in [5.74, 6) is -1.40. The van der Waals surface area contributed by atoms with Crippen molar-refractivity contribution in [2.75, 3.05) is 138 Å². The van der Waals surface area contributed by atoms with E-state index in [0.717, 1.165) is 108 Å². The third kappa shape index (κ3) is 21.4. The molecule has 2 saturated carbocycles. The quantitative estimate of drug-likeness (QED) is 0.0478. The predicted molar refractivity (Wildman–Crippen MR) is 434 cm³/mol. The molecule has 7 fully saturated rings. The zero-order valence-electron chi connectivity index (χ0n) is 65.0. The molecule has 5 heterocycles. The molecule has 0 radical (unpaired) electrons. The van der Waals surface area contributed by atoms with E-state index in [2.05, 4.69) is 27.1 Å². The van der Waals surface area contributed by atoms with Crippen molar-refractivity contribution in [2.45, 2.75) is 70.1 Å². The van der Waals surface area contributed by atoms with Gasteiger partial charge >= 0.3 is 6.09 Å². The normalized spacial score (nSPS) is 22.4. The molecule has 6 atom stereocenters. The van der Waals surface area contributed by atoms with Crippen molar-refractivity contribution in [1.29, 1.82) is 0 Å². The highest BCUT2D eigenvalue weighted by atomic mass is 16.4. The number of benzene rings is 7. The Morgan fingerprint density at radius 3 is 1.00 bits per heavy atom. The fourth-order valence-electron chi connectivity index (χ4n) is 19.0. The number of nitrogens with one attached hydrogen (secondary N) is 1. The van der Waals surface area contributed by atoms with Crippen LogP contribution in [0.3, 0.4) is 0 Å². The van der Waals surface area contributed by atoms with Crippen molar-refractivity contribution in [1.82, 2.24) is 39.6 Å². The van der Waals surface area contributed by atoms with E-state index in [9.17, 15) is 48.3 Å². The van der Waals surface area contributed by atoms with Crippen molar-refractivity contribution < 1.29 is 53.4 Å². The van der Waals surface area contributed by atoms with Crippen LogP contribution in [0.4, 0.5) is 4.79 Å². The van der Waals surface area contributed by atoms with E-state index in [0.29, 0.717) is 73.4 Å². The van der Waals surface area contributed by atoms with Crippen LogP contribution in [0.5, 0.6) is 0 Å². The summed E-state index contributed by atoms with van der Waals surface area (Å²) in [6.07, 6.45) is 10.5. The predicted octanol–water partition coefficient (Wildman–Crippen LogP) is 12.3. The standard InChI is InChI=1S/C32H33N3O5.C32H43N3O2.C29H36N2O4/c36-28(34-16-18-35(19-17-34)32(39)40)22-33-20-26(30(37)24-12-6-2-7-13-24)29(23-10-4-1-5-11-23)27(21-33)31(38)25-14-8-3-9-15-25;1-33-17-19-34(20-18-33)21-22-35-23-28(31(36)26-13-7-3-8-14-26)30(25-11-5-2-6-12-25)29(24-35)32(37)27-15-9-4-10-16-27;32-17-16-30-26(33)20-31-18-24(28(34)22-12-6-2-7-13-22)27(21-10-4-1-5-11-21)25(19-31)29(35)23-14-8-3-9-15-23/h1-15,26-27,29H,16-22H2,(H,39,40);3-4,7-10,13-16,25,28-30H,2,5-6,11-12,17-24H2,1H3;2-3,6-9,12-15,21,24-25,27,32H,1,4-5,10-11,16-20H2,(H,30,33)/t26-,27-;28-,29-;24-,25-/m000/s1. The number of hydrogen-bond donors (Lipinski definition) is 3. The largest absolute Gasteiger partial charge is 0.465 e. The van der Waals surface area contributed by atoms with Crippen molar-refractivity contribution in [3.05, 3.63) is 251 Å². The van der Waals surface area contributed by atoms with Gasteiger partial charge in [0.1, 0.15) is 0 Å². The van der Waals surface area contributed by atoms with Crippen molar-refractivity contribution in [2.24, 2.45) is 59.2 Å². The highest BCUT2D eigenvalue weighted by Gasteiger charge is 2.51. The van der Waals surface area contributed by atoms with Gasteiger partial charge in [-0.05, 0) is 36.3 Å². The number of likely N-dealkylation sites (tertiary alicyclic amines) is 3. The number of carboxylic acid groups (broad SMARTS) is 1. The second kappa shape index (κ2) is 40.8. The summed E-state index contributed by atoms with van der Waals surface area (Å²) in [6, 6.07) is 66.3. The fourth-order valence-corrected chi connectivity index (χ4v) is 19.0. The van der Waals surface area contributed by atoms with E-state index in [1.165, 1.54) is 30.6 Å². The minimum Gasteiger partial charge on any atom is -0.465 e. The van der Waals surface area contributed by atoms with Crippen molar-refractivity contribution >= 4 is 52.6 Å². The number of piperazine rings is 2. The number of nitrogens with zero attached hydrogens (tertiary/aromatic N) is 7. The van der Waals surface area contributed by atoms with Crippen LogP contribution in [0, 0.1) is 59.2 Å². The van der Waals surface area contributed by atoms with Crippen LogP contribution in [0.1, 0.15) is 138 Å². The molecule has 5 saturated heterocycles. The summed E-state index contributed by atoms with van der Waals surface area (Å²) in [5.41, 5.74) is 5.00. The molecule has 3 N–H and O–H groups in total. The van der Waals surface area contributed by atoms with Gasteiger partial charge in [-0.1, -0.05) is 277 Å². The molecular formula is C93H112N8O11. The molecule has 3 amide bonds.